The highest BCUT2D eigenvalue weighted by Gasteiger charge is 2.28. The molecule has 0 aromatic heterocycles. The number of methoxy groups -OCH3 is 1. The fourth-order valence-electron chi connectivity index (χ4n) is 2.77. The molecule has 0 heterocycles. The Bertz CT molecular complexity index is 225. The molecule has 2 fully saturated rings. The van der Waals surface area contributed by atoms with Crippen molar-refractivity contribution in [2.75, 3.05) is 20.3 Å². The molecule has 0 bridgehead atoms. The van der Waals surface area contributed by atoms with E-state index in [1.807, 2.05) is 0 Å². The van der Waals surface area contributed by atoms with E-state index in [9.17, 15) is 5.11 Å². The minimum Gasteiger partial charge on any atom is -0.389 e. The van der Waals surface area contributed by atoms with Gasteiger partial charge in [0, 0.05) is 19.7 Å². The Kier molecular flexibility index (Phi) is 5.89. The van der Waals surface area contributed by atoms with Crippen molar-refractivity contribution < 1.29 is 14.6 Å². The number of rotatable bonds is 7. The summed E-state index contributed by atoms with van der Waals surface area (Å²) in [4.78, 5) is 0. The molecule has 18 heavy (non-hydrogen) atoms. The summed E-state index contributed by atoms with van der Waals surface area (Å²) >= 11 is 0. The third-order valence-corrected chi connectivity index (χ3v) is 4.15. The van der Waals surface area contributed by atoms with Crippen molar-refractivity contribution in [3.8, 4) is 0 Å². The predicted octanol–water partition coefficient (Wildman–Crippen LogP) is 1.46. The zero-order valence-electron chi connectivity index (χ0n) is 11.4. The van der Waals surface area contributed by atoms with Gasteiger partial charge in [-0.1, -0.05) is 19.3 Å². The third kappa shape index (κ3) is 4.50. The zero-order chi connectivity index (χ0) is 12.8. The number of aliphatic hydroxyl groups is 1. The van der Waals surface area contributed by atoms with Crippen molar-refractivity contribution in [2.24, 2.45) is 0 Å². The first-order valence-corrected chi connectivity index (χ1v) is 7.33. The molecule has 0 amide bonds. The molecule has 2 aliphatic carbocycles. The van der Waals surface area contributed by atoms with E-state index in [4.69, 9.17) is 9.47 Å². The quantitative estimate of drug-likeness (QED) is 0.725. The standard InChI is InChI=1S/C14H27NO3/c1-17-14-7-11(8-14)15-9-12(16)10-18-13-5-3-2-4-6-13/h11-16H,2-10H2,1H3. The van der Waals surface area contributed by atoms with Crippen molar-refractivity contribution >= 4 is 0 Å². The van der Waals surface area contributed by atoms with Crippen LogP contribution in [-0.2, 0) is 9.47 Å². The Morgan fingerprint density at radius 3 is 2.56 bits per heavy atom. The van der Waals surface area contributed by atoms with Crippen LogP contribution in [0.2, 0.25) is 0 Å². The highest BCUT2D eigenvalue weighted by molar-refractivity contribution is 4.86. The van der Waals surface area contributed by atoms with E-state index in [-0.39, 0.29) is 6.10 Å². The van der Waals surface area contributed by atoms with Crippen LogP contribution < -0.4 is 5.32 Å². The molecule has 2 aliphatic rings. The molecule has 1 unspecified atom stereocenters. The van der Waals surface area contributed by atoms with Gasteiger partial charge < -0.3 is 19.9 Å². The van der Waals surface area contributed by atoms with Crippen LogP contribution in [0.3, 0.4) is 0 Å². The molecular formula is C14H27NO3. The van der Waals surface area contributed by atoms with Crippen molar-refractivity contribution in [1.82, 2.24) is 5.32 Å². The summed E-state index contributed by atoms with van der Waals surface area (Å²) < 4.78 is 11.0. The van der Waals surface area contributed by atoms with Gasteiger partial charge in [-0.2, -0.15) is 0 Å². The van der Waals surface area contributed by atoms with E-state index in [1.165, 1.54) is 19.3 Å². The maximum atomic E-state index is 9.85. The highest BCUT2D eigenvalue weighted by atomic mass is 16.5. The number of hydrogen-bond donors (Lipinski definition) is 2. The average molecular weight is 257 g/mol. The molecule has 0 saturated heterocycles. The molecule has 0 radical (unpaired) electrons. The maximum absolute atomic E-state index is 9.85. The minimum absolute atomic E-state index is 0.381. The molecule has 0 aromatic carbocycles. The van der Waals surface area contributed by atoms with Gasteiger partial charge in [0.25, 0.3) is 0 Å². The van der Waals surface area contributed by atoms with Gasteiger partial charge in [-0.3, -0.25) is 0 Å². The molecule has 106 valence electrons. The largest absolute Gasteiger partial charge is 0.389 e. The van der Waals surface area contributed by atoms with Crippen LogP contribution in [0, 0.1) is 0 Å². The first kappa shape index (κ1) is 14.3. The smallest absolute Gasteiger partial charge is 0.0897 e. The van der Waals surface area contributed by atoms with E-state index in [1.54, 1.807) is 7.11 Å². The molecule has 2 rings (SSSR count). The lowest BCUT2D eigenvalue weighted by Crippen LogP contribution is -2.48. The summed E-state index contributed by atoms with van der Waals surface area (Å²) in [6.07, 6.45) is 8.77. The van der Waals surface area contributed by atoms with Crippen molar-refractivity contribution in [1.29, 1.82) is 0 Å². The molecule has 2 N–H and O–H groups in total. The number of ether oxygens (including phenoxy) is 2. The second kappa shape index (κ2) is 7.43. The van der Waals surface area contributed by atoms with Crippen LogP contribution in [0.25, 0.3) is 0 Å². The Hall–Kier alpha value is -0.160. The van der Waals surface area contributed by atoms with Crippen LogP contribution in [-0.4, -0.2) is 49.7 Å². The van der Waals surface area contributed by atoms with Crippen LogP contribution in [0.4, 0.5) is 0 Å². The highest BCUT2D eigenvalue weighted by Crippen LogP contribution is 2.22. The van der Waals surface area contributed by atoms with Gasteiger partial charge in [0.1, 0.15) is 0 Å². The molecule has 1 atom stereocenters. The van der Waals surface area contributed by atoms with Gasteiger partial charge in [-0.05, 0) is 25.7 Å². The Labute approximate surface area is 110 Å². The molecule has 4 nitrogen and oxygen atoms in total. The first-order valence-electron chi connectivity index (χ1n) is 7.33. The summed E-state index contributed by atoms with van der Waals surface area (Å²) in [5, 5.41) is 13.2. The van der Waals surface area contributed by atoms with Gasteiger partial charge in [0.2, 0.25) is 0 Å². The fourth-order valence-corrected chi connectivity index (χ4v) is 2.77. The second-order valence-electron chi connectivity index (χ2n) is 5.68. The predicted molar refractivity (Wildman–Crippen MR) is 70.7 cm³/mol. The molecule has 0 aliphatic heterocycles. The normalized spacial score (nSPS) is 31.0. The van der Waals surface area contributed by atoms with Gasteiger partial charge >= 0.3 is 0 Å². The lowest BCUT2D eigenvalue weighted by atomic mass is 9.89. The second-order valence-corrected chi connectivity index (χ2v) is 5.68. The zero-order valence-corrected chi connectivity index (χ0v) is 11.4. The average Bonchev–Trinajstić information content (AvgIpc) is 2.36. The number of hydrogen-bond acceptors (Lipinski definition) is 4. The number of aliphatic hydroxyl groups excluding tert-OH is 1. The monoisotopic (exact) mass is 257 g/mol. The summed E-state index contributed by atoms with van der Waals surface area (Å²) in [7, 11) is 1.76. The molecule has 0 spiro atoms. The van der Waals surface area contributed by atoms with Crippen molar-refractivity contribution in [3.63, 3.8) is 0 Å². The van der Waals surface area contributed by atoms with Gasteiger partial charge in [-0.15, -0.1) is 0 Å². The molecule has 0 aromatic rings. The first-order chi connectivity index (χ1) is 8.78. The Morgan fingerprint density at radius 1 is 1.17 bits per heavy atom. The summed E-state index contributed by atoms with van der Waals surface area (Å²) in [6.45, 7) is 1.10. The maximum Gasteiger partial charge on any atom is 0.0897 e. The molecule has 4 heteroatoms. The fraction of sp³-hybridized carbons (Fsp3) is 1.00. The van der Waals surface area contributed by atoms with E-state index < -0.39 is 0 Å². The van der Waals surface area contributed by atoms with E-state index in [0.717, 1.165) is 25.7 Å². The van der Waals surface area contributed by atoms with E-state index in [2.05, 4.69) is 5.32 Å². The van der Waals surface area contributed by atoms with E-state index >= 15 is 0 Å². The van der Waals surface area contributed by atoms with Gasteiger partial charge in [0.05, 0.1) is 24.9 Å². The lowest BCUT2D eigenvalue weighted by Gasteiger charge is -2.35. The lowest BCUT2D eigenvalue weighted by molar-refractivity contribution is -0.0285. The Morgan fingerprint density at radius 2 is 1.89 bits per heavy atom. The van der Waals surface area contributed by atoms with Gasteiger partial charge in [-0.25, -0.2) is 0 Å². The summed E-state index contributed by atoms with van der Waals surface area (Å²) in [5.41, 5.74) is 0. The minimum atomic E-state index is -0.381. The molecular weight excluding hydrogens is 230 g/mol. The summed E-state index contributed by atoms with van der Waals surface area (Å²) in [5.74, 6) is 0. The number of nitrogens with one attached hydrogen (secondary N) is 1. The van der Waals surface area contributed by atoms with E-state index in [0.29, 0.717) is 31.4 Å². The topological polar surface area (TPSA) is 50.7 Å². The van der Waals surface area contributed by atoms with Crippen LogP contribution >= 0.6 is 0 Å². The SMILES string of the molecule is COC1CC(NCC(O)COC2CCCCC2)C1. The van der Waals surface area contributed by atoms with Crippen LogP contribution in [0.5, 0.6) is 0 Å². The molecule has 2 saturated carbocycles. The van der Waals surface area contributed by atoms with Crippen LogP contribution in [0.15, 0.2) is 0 Å². The Balaban J connectivity index is 1.48. The third-order valence-electron chi connectivity index (χ3n) is 4.15. The summed E-state index contributed by atoms with van der Waals surface area (Å²) in [6, 6.07) is 0.513. The van der Waals surface area contributed by atoms with Crippen molar-refractivity contribution in [2.45, 2.75) is 69.3 Å². The van der Waals surface area contributed by atoms with Gasteiger partial charge in [0.15, 0.2) is 0 Å². The van der Waals surface area contributed by atoms with Crippen LogP contribution in [0.1, 0.15) is 44.9 Å². The van der Waals surface area contributed by atoms with Crippen molar-refractivity contribution in [3.05, 3.63) is 0 Å².